The molecular weight excluding hydrogens is 222 g/mol. The van der Waals surface area contributed by atoms with E-state index in [-0.39, 0.29) is 0 Å². The van der Waals surface area contributed by atoms with Gasteiger partial charge in [-0.1, -0.05) is 19.8 Å². The number of aryl methyl sites for hydroxylation is 1. The van der Waals surface area contributed by atoms with Crippen molar-refractivity contribution in [1.82, 2.24) is 9.55 Å². The molecule has 0 spiro atoms. The third-order valence-electron chi connectivity index (χ3n) is 4.90. The molecule has 0 saturated heterocycles. The number of fused-ring (bicyclic) bond motifs is 1. The van der Waals surface area contributed by atoms with Crippen LogP contribution in [0, 0.1) is 17.8 Å². The molecule has 0 bridgehead atoms. The Kier molecular flexibility index (Phi) is 3.42. The predicted octanol–water partition coefficient (Wildman–Crippen LogP) is 2.60. The zero-order chi connectivity index (χ0) is 12.5. The van der Waals surface area contributed by atoms with Crippen LogP contribution in [0.25, 0.3) is 0 Å². The highest BCUT2D eigenvalue weighted by Gasteiger charge is 2.53. The van der Waals surface area contributed by atoms with Crippen molar-refractivity contribution < 1.29 is 0 Å². The van der Waals surface area contributed by atoms with Crippen molar-refractivity contribution >= 4 is 0 Å². The van der Waals surface area contributed by atoms with E-state index < -0.39 is 0 Å². The van der Waals surface area contributed by atoms with Crippen molar-refractivity contribution in [3.05, 3.63) is 18.2 Å². The second-order valence-corrected chi connectivity index (χ2v) is 6.09. The normalized spacial score (nSPS) is 32.0. The Morgan fingerprint density at radius 3 is 2.78 bits per heavy atom. The maximum Gasteiger partial charge on any atom is 0.110 e. The summed E-state index contributed by atoms with van der Waals surface area (Å²) in [7, 11) is 0. The molecule has 2 saturated carbocycles. The Hall–Kier alpha value is -0.830. The van der Waals surface area contributed by atoms with Crippen molar-refractivity contribution in [2.45, 2.75) is 58.0 Å². The summed E-state index contributed by atoms with van der Waals surface area (Å²) in [5, 5.41) is 0. The van der Waals surface area contributed by atoms with Crippen LogP contribution in [-0.4, -0.2) is 15.6 Å². The first kappa shape index (κ1) is 12.2. The van der Waals surface area contributed by atoms with Crippen LogP contribution in [0.5, 0.6) is 0 Å². The molecule has 1 aromatic rings. The van der Waals surface area contributed by atoms with Gasteiger partial charge in [-0.3, -0.25) is 0 Å². The first-order valence-electron chi connectivity index (χ1n) is 7.57. The lowest BCUT2D eigenvalue weighted by atomic mass is 10.0. The summed E-state index contributed by atoms with van der Waals surface area (Å²) >= 11 is 0. The average Bonchev–Trinajstić information content (AvgIpc) is 2.97. The monoisotopic (exact) mass is 247 g/mol. The minimum atomic E-state index is 0.330. The number of imidazole rings is 1. The van der Waals surface area contributed by atoms with Crippen molar-refractivity contribution in [3.63, 3.8) is 0 Å². The number of nitrogens with two attached hydrogens (primary N) is 1. The largest absolute Gasteiger partial charge is 0.335 e. The molecular formula is C15H25N3. The Morgan fingerprint density at radius 1 is 1.39 bits per heavy atom. The summed E-state index contributed by atoms with van der Waals surface area (Å²) in [6.07, 6.45) is 11.8. The summed E-state index contributed by atoms with van der Waals surface area (Å²) in [5.74, 6) is 3.87. The van der Waals surface area contributed by atoms with Crippen LogP contribution in [-0.2, 0) is 13.0 Å². The van der Waals surface area contributed by atoms with E-state index in [0.717, 1.165) is 37.1 Å². The van der Waals surface area contributed by atoms with Crippen LogP contribution in [0.3, 0.4) is 0 Å². The molecule has 3 unspecified atom stereocenters. The number of rotatable bonds is 5. The Morgan fingerprint density at radius 2 is 2.11 bits per heavy atom. The van der Waals surface area contributed by atoms with E-state index in [9.17, 15) is 0 Å². The third-order valence-corrected chi connectivity index (χ3v) is 4.90. The molecule has 0 radical (unpaired) electrons. The number of hydrogen-bond acceptors (Lipinski definition) is 2. The average molecular weight is 247 g/mol. The van der Waals surface area contributed by atoms with Gasteiger partial charge in [0, 0.05) is 31.4 Å². The van der Waals surface area contributed by atoms with Crippen molar-refractivity contribution in [1.29, 1.82) is 0 Å². The van der Waals surface area contributed by atoms with E-state index in [2.05, 4.69) is 22.7 Å². The van der Waals surface area contributed by atoms with Gasteiger partial charge in [0.25, 0.3) is 0 Å². The molecule has 1 aromatic heterocycles. The zero-order valence-corrected chi connectivity index (χ0v) is 11.4. The molecule has 0 aromatic carbocycles. The molecule has 2 aliphatic carbocycles. The van der Waals surface area contributed by atoms with Gasteiger partial charge >= 0.3 is 0 Å². The summed E-state index contributed by atoms with van der Waals surface area (Å²) in [4.78, 5) is 4.49. The zero-order valence-electron chi connectivity index (χ0n) is 11.4. The fourth-order valence-corrected chi connectivity index (χ4v) is 4.00. The van der Waals surface area contributed by atoms with Crippen LogP contribution in [0.15, 0.2) is 12.4 Å². The number of nitrogens with zero attached hydrogens (tertiary/aromatic N) is 2. The molecule has 18 heavy (non-hydrogen) atoms. The van der Waals surface area contributed by atoms with Gasteiger partial charge in [0.1, 0.15) is 5.82 Å². The van der Waals surface area contributed by atoms with Gasteiger partial charge in [-0.05, 0) is 37.0 Å². The lowest BCUT2D eigenvalue weighted by molar-refractivity contribution is 0.480. The van der Waals surface area contributed by atoms with E-state index in [1.54, 1.807) is 0 Å². The predicted molar refractivity (Wildman–Crippen MR) is 73.1 cm³/mol. The molecule has 3 atom stereocenters. The SMILES string of the molecule is CCCn1ccnc1CC(N)C1C2CCCCC21. The summed E-state index contributed by atoms with van der Waals surface area (Å²) in [6, 6.07) is 0.330. The van der Waals surface area contributed by atoms with E-state index in [4.69, 9.17) is 5.73 Å². The molecule has 1 heterocycles. The third kappa shape index (κ3) is 2.20. The van der Waals surface area contributed by atoms with Gasteiger partial charge in [-0.2, -0.15) is 0 Å². The summed E-state index contributed by atoms with van der Waals surface area (Å²) < 4.78 is 2.27. The fourth-order valence-electron chi connectivity index (χ4n) is 4.00. The summed E-state index contributed by atoms with van der Waals surface area (Å²) in [6.45, 7) is 3.28. The number of aromatic nitrogens is 2. The van der Waals surface area contributed by atoms with E-state index in [1.807, 2.05) is 6.20 Å². The lowest BCUT2D eigenvalue weighted by Gasteiger charge is -2.12. The van der Waals surface area contributed by atoms with Crippen LogP contribution in [0.4, 0.5) is 0 Å². The van der Waals surface area contributed by atoms with E-state index >= 15 is 0 Å². The second kappa shape index (κ2) is 5.04. The summed E-state index contributed by atoms with van der Waals surface area (Å²) in [5.41, 5.74) is 6.44. The first-order chi connectivity index (χ1) is 8.81. The second-order valence-electron chi connectivity index (χ2n) is 6.09. The lowest BCUT2D eigenvalue weighted by Crippen LogP contribution is -2.28. The minimum Gasteiger partial charge on any atom is -0.335 e. The van der Waals surface area contributed by atoms with Gasteiger partial charge in [-0.15, -0.1) is 0 Å². The van der Waals surface area contributed by atoms with Crippen LogP contribution < -0.4 is 5.73 Å². The molecule has 100 valence electrons. The molecule has 0 aliphatic heterocycles. The maximum atomic E-state index is 6.44. The molecule has 3 nitrogen and oxygen atoms in total. The highest BCUT2D eigenvalue weighted by Crippen LogP contribution is 2.56. The van der Waals surface area contributed by atoms with Crippen LogP contribution >= 0.6 is 0 Å². The van der Waals surface area contributed by atoms with Crippen LogP contribution in [0.1, 0.15) is 44.9 Å². The maximum absolute atomic E-state index is 6.44. The van der Waals surface area contributed by atoms with Gasteiger partial charge in [0.2, 0.25) is 0 Å². The standard InChI is InChI=1S/C15H25N3/c1-2-8-18-9-7-17-14(18)10-13(16)15-11-5-3-4-6-12(11)15/h7,9,11-13,15H,2-6,8,10,16H2,1H3. The van der Waals surface area contributed by atoms with Gasteiger partial charge in [-0.25, -0.2) is 4.98 Å². The molecule has 0 amide bonds. The molecule has 3 heteroatoms. The Balaban J connectivity index is 1.60. The number of hydrogen-bond donors (Lipinski definition) is 1. The van der Waals surface area contributed by atoms with Gasteiger partial charge in [0.15, 0.2) is 0 Å². The molecule has 2 fully saturated rings. The molecule has 2 N–H and O–H groups in total. The molecule has 2 aliphatic rings. The van der Waals surface area contributed by atoms with Crippen LogP contribution in [0.2, 0.25) is 0 Å². The van der Waals surface area contributed by atoms with E-state index in [1.165, 1.54) is 31.5 Å². The van der Waals surface area contributed by atoms with Crippen molar-refractivity contribution in [2.75, 3.05) is 0 Å². The topological polar surface area (TPSA) is 43.8 Å². The fraction of sp³-hybridized carbons (Fsp3) is 0.800. The van der Waals surface area contributed by atoms with Gasteiger partial charge in [0.05, 0.1) is 0 Å². The first-order valence-corrected chi connectivity index (χ1v) is 7.57. The van der Waals surface area contributed by atoms with Crippen molar-refractivity contribution in [2.24, 2.45) is 23.5 Å². The van der Waals surface area contributed by atoms with E-state index in [0.29, 0.717) is 6.04 Å². The van der Waals surface area contributed by atoms with Crippen molar-refractivity contribution in [3.8, 4) is 0 Å². The molecule has 3 rings (SSSR count). The smallest absolute Gasteiger partial charge is 0.110 e. The van der Waals surface area contributed by atoms with Gasteiger partial charge < -0.3 is 10.3 Å². The highest BCUT2D eigenvalue weighted by atomic mass is 15.1. The Labute approximate surface area is 110 Å². The Bertz CT molecular complexity index is 386. The quantitative estimate of drug-likeness (QED) is 0.869. The highest BCUT2D eigenvalue weighted by molar-refractivity contribution is 5.07. The minimum absolute atomic E-state index is 0.330.